The molecule has 1 aromatic rings. The molecule has 2 aliphatic heterocycles. The van der Waals surface area contributed by atoms with E-state index in [9.17, 15) is 0 Å². The van der Waals surface area contributed by atoms with Gasteiger partial charge in [0.25, 0.3) is 0 Å². The van der Waals surface area contributed by atoms with Crippen molar-refractivity contribution in [3.63, 3.8) is 0 Å². The quantitative estimate of drug-likeness (QED) is 0.405. The highest BCUT2D eigenvalue weighted by Crippen LogP contribution is 2.34. The average molecular weight is 458 g/mol. The number of nitrogens with zero attached hydrogens (tertiary/aromatic N) is 2. The highest BCUT2D eigenvalue weighted by molar-refractivity contribution is 14.0. The van der Waals surface area contributed by atoms with Crippen molar-refractivity contribution >= 4 is 29.9 Å². The van der Waals surface area contributed by atoms with E-state index in [0.29, 0.717) is 24.3 Å². The van der Waals surface area contributed by atoms with Crippen LogP contribution in [0, 0.1) is 6.92 Å². The largest absolute Gasteiger partial charge is 0.373 e. The van der Waals surface area contributed by atoms with Crippen LogP contribution in [0.4, 0.5) is 0 Å². The minimum atomic E-state index is 0. The molecule has 1 aromatic carbocycles. The zero-order chi connectivity index (χ0) is 17.1. The van der Waals surface area contributed by atoms with E-state index in [4.69, 9.17) is 4.74 Å². The normalized spacial score (nSPS) is 26.4. The maximum absolute atomic E-state index is 5.92. The molecule has 2 bridgehead atoms. The number of halogens is 1. The molecule has 4 atom stereocenters. The van der Waals surface area contributed by atoms with E-state index >= 15 is 0 Å². The Balaban J connectivity index is 0.00000225. The molecule has 0 radical (unpaired) electrons. The molecule has 2 saturated heterocycles. The number of guanidine groups is 1. The van der Waals surface area contributed by atoms with Gasteiger partial charge in [-0.3, -0.25) is 4.99 Å². The van der Waals surface area contributed by atoms with Crippen LogP contribution in [0.25, 0.3) is 0 Å². The summed E-state index contributed by atoms with van der Waals surface area (Å²) in [6, 6.07) is 9.47. The van der Waals surface area contributed by atoms with Crippen LogP contribution in [-0.2, 0) is 4.74 Å². The van der Waals surface area contributed by atoms with Crippen LogP contribution in [0.1, 0.15) is 36.4 Å². The molecule has 5 nitrogen and oxygen atoms in total. The van der Waals surface area contributed by atoms with Gasteiger partial charge < -0.3 is 20.3 Å². The number of rotatable bonds is 5. The van der Waals surface area contributed by atoms with Crippen molar-refractivity contribution in [1.82, 2.24) is 15.5 Å². The van der Waals surface area contributed by atoms with Gasteiger partial charge in [-0.1, -0.05) is 29.8 Å². The second-order valence-electron chi connectivity index (χ2n) is 7.20. The van der Waals surface area contributed by atoms with Crippen molar-refractivity contribution in [2.75, 3.05) is 27.7 Å². The second-order valence-corrected chi connectivity index (χ2v) is 7.20. The molecule has 25 heavy (non-hydrogen) atoms. The molecule has 2 N–H and O–H groups in total. The summed E-state index contributed by atoms with van der Waals surface area (Å²) in [5.74, 6) is 0.870. The standard InChI is InChI=1S/C19H30N4O.HI/c1-13-5-7-14(8-6-13)17(23(3)4)12-21-19(20-2)22-16-11-15-9-10-18(16)24-15;/h5-8,15-18H,9-12H2,1-4H3,(H2,20,21,22);1H. The van der Waals surface area contributed by atoms with Gasteiger partial charge in [-0.25, -0.2) is 0 Å². The highest BCUT2D eigenvalue weighted by atomic mass is 127. The van der Waals surface area contributed by atoms with Gasteiger partial charge in [-0.15, -0.1) is 24.0 Å². The van der Waals surface area contributed by atoms with E-state index in [1.807, 2.05) is 7.05 Å². The molecule has 2 fully saturated rings. The van der Waals surface area contributed by atoms with E-state index in [0.717, 1.165) is 18.9 Å². The molecule has 0 spiro atoms. The molecule has 3 rings (SSSR count). The number of ether oxygens (including phenoxy) is 1. The highest BCUT2D eigenvalue weighted by Gasteiger charge is 2.41. The Bertz CT molecular complexity index is 575. The SMILES string of the molecule is CN=C(NCC(c1ccc(C)cc1)N(C)C)NC1CC2CCC1O2.I. The Morgan fingerprint density at radius 3 is 2.52 bits per heavy atom. The Kier molecular flexibility index (Phi) is 7.51. The van der Waals surface area contributed by atoms with Gasteiger partial charge in [-0.05, 0) is 45.8 Å². The summed E-state index contributed by atoms with van der Waals surface area (Å²) in [4.78, 5) is 6.64. The van der Waals surface area contributed by atoms with E-state index < -0.39 is 0 Å². The molecule has 2 aliphatic rings. The van der Waals surface area contributed by atoms with Crippen molar-refractivity contribution in [1.29, 1.82) is 0 Å². The molecule has 0 aromatic heterocycles. The second kappa shape index (κ2) is 9.19. The van der Waals surface area contributed by atoms with Gasteiger partial charge >= 0.3 is 0 Å². The summed E-state index contributed by atoms with van der Waals surface area (Å²) in [6.07, 6.45) is 4.29. The first kappa shape index (κ1) is 20.5. The van der Waals surface area contributed by atoms with E-state index in [1.54, 1.807) is 0 Å². The minimum Gasteiger partial charge on any atom is -0.373 e. The number of nitrogens with one attached hydrogen (secondary N) is 2. The third-order valence-electron chi connectivity index (χ3n) is 5.20. The lowest BCUT2D eigenvalue weighted by Gasteiger charge is -2.28. The Hall–Kier alpha value is -0.860. The van der Waals surface area contributed by atoms with Crippen molar-refractivity contribution in [3.05, 3.63) is 35.4 Å². The summed E-state index contributed by atoms with van der Waals surface area (Å²) < 4.78 is 5.92. The fourth-order valence-corrected chi connectivity index (χ4v) is 3.74. The zero-order valence-corrected chi connectivity index (χ0v) is 18.0. The Labute approximate surface area is 168 Å². The minimum absolute atomic E-state index is 0. The predicted molar refractivity (Wildman–Crippen MR) is 114 cm³/mol. The molecule has 0 saturated carbocycles. The van der Waals surface area contributed by atoms with Crippen LogP contribution < -0.4 is 10.6 Å². The molecule has 140 valence electrons. The van der Waals surface area contributed by atoms with Crippen molar-refractivity contribution < 1.29 is 4.74 Å². The monoisotopic (exact) mass is 458 g/mol. The lowest BCUT2D eigenvalue weighted by molar-refractivity contribution is 0.0992. The number of likely N-dealkylation sites (N-methyl/N-ethyl adjacent to an activating group) is 1. The summed E-state index contributed by atoms with van der Waals surface area (Å²) >= 11 is 0. The summed E-state index contributed by atoms with van der Waals surface area (Å²) in [7, 11) is 6.07. The van der Waals surface area contributed by atoms with Crippen molar-refractivity contribution in [2.24, 2.45) is 4.99 Å². The number of benzene rings is 1. The molecular weight excluding hydrogens is 427 g/mol. The van der Waals surface area contributed by atoms with E-state index in [-0.39, 0.29) is 24.0 Å². The number of fused-ring (bicyclic) bond motifs is 2. The predicted octanol–water partition coefficient (Wildman–Crippen LogP) is 2.70. The molecular formula is C19H31IN4O. The first-order valence-corrected chi connectivity index (χ1v) is 8.92. The molecule has 6 heteroatoms. The Morgan fingerprint density at radius 2 is 2.00 bits per heavy atom. The van der Waals surface area contributed by atoms with Crippen LogP contribution in [0.15, 0.2) is 29.3 Å². The zero-order valence-electron chi connectivity index (χ0n) is 15.7. The molecule has 4 unspecified atom stereocenters. The van der Waals surface area contributed by atoms with Crippen LogP contribution in [0.3, 0.4) is 0 Å². The number of aryl methyl sites for hydroxylation is 1. The topological polar surface area (TPSA) is 48.9 Å². The van der Waals surface area contributed by atoms with Gasteiger partial charge in [0.15, 0.2) is 5.96 Å². The van der Waals surface area contributed by atoms with Gasteiger partial charge in [0.1, 0.15) is 0 Å². The lowest BCUT2D eigenvalue weighted by atomic mass is 9.96. The summed E-state index contributed by atoms with van der Waals surface area (Å²) in [5.41, 5.74) is 2.61. The van der Waals surface area contributed by atoms with Crippen molar-refractivity contribution in [2.45, 2.75) is 50.5 Å². The first-order valence-electron chi connectivity index (χ1n) is 8.92. The maximum Gasteiger partial charge on any atom is 0.191 e. The summed E-state index contributed by atoms with van der Waals surface area (Å²) in [5, 5.41) is 7.04. The first-order chi connectivity index (χ1) is 11.6. The van der Waals surface area contributed by atoms with Gasteiger partial charge in [0.2, 0.25) is 0 Å². The van der Waals surface area contributed by atoms with E-state index in [2.05, 4.69) is 65.8 Å². The Morgan fingerprint density at radius 1 is 1.28 bits per heavy atom. The van der Waals surface area contributed by atoms with Crippen LogP contribution in [0.2, 0.25) is 0 Å². The fraction of sp³-hybridized carbons (Fsp3) is 0.632. The molecule has 2 heterocycles. The number of hydrogen-bond acceptors (Lipinski definition) is 3. The van der Waals surface area contributed by atoms with Gasteiger partial charge in [0, 0.05) is 13.6 Å². The third-order valence-corrected chi connectivity index (χ3v) is 5.20. The maximum atomic E-state index is 5.92. The van der Waals surface area contributed by atoms with Crippen LogP contribution in [-0.4, -0.2) is 56.8 Å². The van der Waals surface area contributed by atoms with Gasteiger partial charge in [-0.2, -0.15) is 0 Å². The van der Waals surface area contributed by atoms with E-state index in [1.165, 1.54) is 24.0 Å². The lowest BCUT2D eigenvalue weighted by Crippen LogP contribution is -2.49. The van der Waals surface area contributed by atoms with Crippen molar-refractivity contribution in [3.8, 4) is 0 Å². The van der Waals surface area contributed by atoms with Crippen LogP contribution >= 0.6 is 24.0 Å². The van der Waals surface area contributed by atoms with Crippen LogP contribution in [0.5, 0.6) is 0 Å². The third kappa shape index (κ3) is 5.08. The average Bonchev–Trinajstić information content (AvgIpc) is 3.18. The fourth-order valence-electron chi connectivity index (χ4n) is 3.74. The van der Waals surface area contributed by atoms with Gasteiger partial charge in [0.05, 0.1) is 24.3 Å². The summed E-state index contributed by atoms with van der Waals surface area (Å²) in [6.45, 7) is 2.94. The molecule has 0 aliphatic carbocycles. The smallest absolute Gasteiger partial charge is 0.191 e. The number of hydrogen-bond donors (Lipinski definition) is 2. The molecule has 0 amide bonds. The number of aliphatic imine (C=N–C) groups is 1.